The fourth-order valence-electron chi connectivity index (χ4n) is 4.70. The molecule has 2 aromatic carbocycles. The molecule has 0 saturated heterocycles. The van der Waals surface area contributed by atoms with Crippen molar-refractivity contribution in [2.24, 2.45) is 0 Å². The first-order valence-electron chi connectivity index (χ1n) is 10.9. The summed E-state index contributed by atoms with van der Waals surface area (Å²) in [5, 5.41) is 10.3. The van der Waals surface area contributed by atoms with Crippen molar-refractivity contribution in [2.45, 2.75) is 39.7 Å². The monoisotopic (exact) mass is 438 g/mol. The Morgan fingerprint density at radius 2 is 1.88 bits per heavy atom. The predicted octanol–water partition coefficient (Wildman–Crippen LogP) is 6.14. The minimum atomic E-state index is 0.630. The number of hydrogen-bond acceptors (Lipinski definition) is 3. The van der Waals surface area contributed by atoms with Crippen LogP contribution < -0.4 is 0 Å². The van der Waals surface area contributed by atoms with Crippen LogP contribution in [0.5, 0.6) is 0 Å². The fourth-order valence-corrected chi connectivity index (χ4v) is 4.89. The number of nitrogens with zero attached hydrogens (tertiary/aromatic N) is 4. The van der Waals surface area contributed by atoms with Crippen molar-refractivity contribution in [2.75, 3.05) is 0 Å². The molecule has 0 fully saturated rings. The Kier molecular flexibility index (Phi) is 5.28. The average molecular weight is 439 g/mol. The molecule has 158 valence electrons. The lowest BCUT2D eigenvalue weighted by Gasteiger charge is -2.15. The van der Waals surface area contributed by atoms with Crippen molar-refractivity contribution in [1.82, 2.24) is 14.5 Å². The van der Waals surface area contributed by atoms with Crippen LogP contribution >= 0.6 is 11.6 Å². The van der Waals surface area contributed by atoms with E-state index in [9.17, 15) is 5.26 Å². The number of allylic oxidation sites excluding steroid dienone is 1. The van der Waals surface area contributed by atoms with Gasteiger partial charge in [0, 0.05) is 23.8 Å². The second kappa shape index (κ2) is 8.26. The Morgan fingerprint density at radius 1 is 1.09 bits per heavy atom. The van der Waals surface area contributed by atoms with Crippen LogP contribution in [0.25, 0.3) is 16.7 Å². The Balaban J connectivity index is 1.61. The smallest absolute Gasteiger partial charge is 0.161 e. The van der Waals surface area contributed by atoms with Gasteiger partial charge in [-0.05, 0) is 53.6 Å². The molecule has 0 amide bonds. The zero-order chi connectivity index (χ0) is 22.2. The summed E-state index contributed by atoms with van der Waals surface area (Å²) in [5.74, 6) is 0.976. The van der Waals surface area contributed by atoms with Gasteiger partial charge in [-0.25, -0.2) is 9.97 Å². The quantitative estimate of drug-likeness (QED) is 0.361. The molecule has 4 aromatic rings. The number of rotatable bonds is 3. The molecular formula is C27H23ClN4. The molecule has 4 nitrogen and oxygen atoms in total. The number of imidazole rings is 1. The molecule has 0 bridgehead atoms. The van der Waals surface area contributed by atoms with E-state index in [1.54, 1.807) is 12.3 Å². The molecule has 0 saturated carbocycles. The molecule has 1 aliphatic rings. The second-order valence-corrected chi connectivity index (χ2v) is 8.60. The summed E-state index contributed by atoms with van der Waals surface area (Å²) in [6.07, 6.45) is 4.44. The topological polar surface area (TPSA) is 54.5 Å². The molecule has 0 N–H and O–H groups in total. The van der Waals surface area contributed by atoms with Gasteiger partial charge in [0.1, 0.15) is 11.3 Å². The SMILES string of the molecule is CCc1nc2c(Cl)ccnc2n1Cc1ccc2c(c1)CCc1ccccc1/C2=C(/C)C#N. The third kappa shape index (κ3) is 3.39. The number of hydrogen-bond donors (Lipinski definition) is 0. The third-order valence-corrected chi connectivity index (χ3v) is 6.56. The Labute approximate surface area is 192 Å². The van der Waals surface area contributed by atoms with E-state index in [2.05, 4.69) is 65.0 Å². The number of nitriles is 1. The van der Waals surface area contributed by atoms with E-state index >= 15 is 0 Å². The van der Waals surface area contributed by atoms with Crippen LogP contribution in [0.2, 0.25) is 5.02 Å². The van der Waals surface area contributed by atoms with Crippen molar-refractivity contribution in [3.05, 3.63) is 99.0 Å². The summed E-state index contributed by atoms with van der Waals surface area (Å²) >= 11 is 6.37. The highest BCUT2D eigenvalue weighted by Crippen LogP contribution is 2.36. The highest BCUT2D eigenvalue weighted by atomic mass is 35.5. The van der Waals surface area contributed by atoms with Gasteiger partial charge >= 0.3 is 0 Å². The summed E-state index contributed by atoms with van der Waals surface area (Å²) < 4.78 is 2.16. The maximum Gasteiger partial charge on any atom is 0.161 e. The van der Waals surface area contributed by atoms with E-state index in [0.717, 1.165) is 53.0 Å². The lowest BCUT2D eigenvalue weighted by molar-refractivity contribution is 0.745. The Morgan fingerprint density at radius 3 is 2.69 bits per heavy atom. The number of aryl methyl sites for hydroxylation is 3. The van der Waals surface area contributed by atoms with Crippen LogP contribution in [0.1, 0.15) is 47.5 Å². The van der Waals surface area contributed by atoms with E-state index in [1.807, 2.05) is 6.92 Å². The van der Waals surface area contributed by atoms with Crippen LogP contribution in [0, 0.1) is 11.3 Å². The number of pyridine rings is 1. The Bertz CT molecular complexity index is 1420. The van der Waals surface area contributed by atoms with Crippen molar-refractivity contribution in [3.8, 4) is 6.07 Å². The van der Waals surface area contributed by atoms with Gasteiger partial charge in [0.05, 0.1) is 17.6 Å². The fraction of sp³-hybridized carbons (Fsp3) is 0.222. The van der Waals surface area contributed by atoms with Crippen molar-refractivity contribution < 1.29 is 0 Å². The molecule has 5 heteroatoms. The summed E-state index contributed by atoms with van der Waals surface area (Å²) in [6.45, 7) is 4.70. The van der Waals surface area contributed by atoms with E-state index in [-0.39, 0.29) is 0 Å². The summed E-state index contributed by atoms with van der Waals surface area (Å²) in [4.78, 5) is 9.28. The summed E-state index contributed by atoms with van der Waals surface area (Å²) in [7, 11) is 0. The molecule has 32 heavy (non-hydrogen) atoms. The average Bonchev–Trinajstić information content (AvgIpc) is 3.09. The molecule has 5 rings (SSSR count). The maximum absolute atomic E-state index is 9.70. The van der Waals surface area contributed by atoms with Crippen molar-refractivity contribution in [3.63, 3.8) is 0 Å². The molecule has 2 heterocycles. The molecule has 2 aromatic heterocycles. The van der Waals surface area contributed by atoms with Gasteiger partial charge in [0.15, 0.2) is 5.65 Å². The van der Waals surface area contributed by atoms with E-state index < -0.39 is 0 Å². The summed E-state index contributed by atoms with van der Waals surface area (Å²) in [5.41, 5.74) is 9.47. The highest BCUT2D eigenvalue weighted by Gasteiger charge is 2.21. The minimum absolute atomic E-state index is 0.630. The molecule has 0 atom stereocenters. The maximum atomic E-state index is 9.70. The van der Waals surface area contributed by atoms with E-state index in [4.69, 9.17) is 16.6 Å². The number of fused-ring (bicyclic) bond motifs is 3. The Hall–Kier alpha value is -3.42. The van der Waals surface area contributed by atoms with Crippen LogP contribution in [0.3, 0.4) is 0 Å². The lowest BCUT2D eigenvalue weighted by Crippen LogP contribution is -2.06. The standard InChI is InChI=1S/C27H23ClN4/c1-3-24-31-26-23(28)12-13-30-27(26)32(24)16-18-8-11-22-20(14-18)10-9-19-6-4-5-7-21(19)25(22)17(2)15-29/h4-8,11-14H,3,9-10,16H2,1-2H3/b25-17+. The zero-order valence-corrected chi connectivity index (χ0v) is 18.9. The van der Waals surface area contributed by atoms with E-state index in [1.165, 1.54) is 22.3 Å². The van der Waals surface area contributed by atoms with Gasteiger partial charge in [-0.15, -0.1) is 0 Å². The van der Waals surface area contributed by atoms with Crippen molar-refractivity contribution in [1.29, 1.82) is 5.26 Å². The molecule has 0 unspecified atom stereocenters. The van der Waals surface area contributed by atoms with Gasteiger partial charge < -0.3 is 4.57 Å². The van der Waals surface area contributed by atoms with Gasteiger partial charge in [-0.2, -0.15) is 5.26 Å². The first kappa shape index (κ1) is 20.5. The molecule has 0 aliphatic heterocycles. The summed E-state index contributed by atoms with van der Waals surface area (Å²) in [6, 6.07) is 19.2. The third-order valence-electron chi connectivity index (χ3n) is 6.25. The van der Waals surface area contributed by atoms with Crippen LogP contribution in [-0.4, -0.2) is 14.5 Å². The van der Waals surface area contributed by atoms with Crippen LogP contribution in [0.15, 0.2) is 60.3 Å². The number of aromatic nitrogens is 3. The molecule has 0 radical (unpaired) electrons. The highest BCUT2D eigenvalue weighted by molar-refractivity contribution is 6.34. The van der Waals surface area contributed by atoms with Gasteiger partial charge in [-0.3, -0.25) is 0 Å². The molecular weight excluding hydrogens is 416 g/mol. The first-order chi connectivity index (χ1) is 15.6. The van der Waals surface area contributed by atoms with Crippen LogP contribution in [-0.2, 0) is 25.8 Å². The number of benzene rings is 2. The minimum Gasteiger partial charge on any atom is -0.308 e. The van der Waals surface area contributed by atoms with Gasteiger partial charge in [-0.1, -0.05) is 61.0 Å². The number of halogens is 1. The predicted molar refractivity (Wildman–Crippen MR) is 129 cm³/mol. The zero-order valence-electron chi connectivity index (χ0n) is 18.2. The second-order valence-electron chi connectivity index (χ2n) is 8.19. The van der Waals surface area contributed by atoms with Gasteiger partial charge in [0.25, 0.3) is 0 Å². The largest absolute Gasteiger partial charge is 0.308 e. The van der Waals surface area contributed by atoms with E-state index in [0.29, 0.717) is 11.6 Å². The van der Waals surface area contributed by atoms with Crippen molar-refractivity contribution >= 4 is 28.3 Å². The first-order valence-corrected chi connectivity index (χ1v) is 11.3. The van der Waals surface area contributed by atoms with Crippen LogP contribution in [0.4, 0.5) is 0 Å². The molecule has 0 spiro atoms. The molecule has 1 aliphatic carbocycles. The normalized spacial score (nSPS) is 14.4. The van der Waals surface area contributed by atoms with Gasteiger partial charge in [0.2, 0.25) is 0 Å². The lowest BCUT2D eigenvalue weighted by atomic mass is 9.90.